The highest BCUT2D eigenvalue weighted by molar-refractivity contribution is 5.34. The van der Waals surface area contributed by atoms with Gasteiger partial charge in [-0.2, -0.15) is 0 Å². The Hall–Kier alpha value is -1.61. The maximum Gasteiger partial charge on any atom is 0.0995 e. The molecule has 0 radical (unpaired) electrons. The van der Waals surface area contributed by atoms with Gasteiger partial charge < -0.3 is 9.88 Å². The molecule has 2 aromatic rings. The van der Waals surface area contributed by atoms with E-state index in [-0.39, 0.29) is 0 Å². The van der Waals surface area contributed by atoms with Crippen molar-refractivity contribution >= 4 is 0 Å². The zero-order valence-electron chi connectivity index (χ0n) is 9.07. The number of hydrogen-bond donors (Lipinski definition) is 1. The Morgan fingerprint density at radius 2 is 2.00 bits per heavy atom. The Bertz CT molecular complexity index is 428. The molecule has 3 nitrogen and oxygen atoms in total. The maximum atomic E-state index is 4.31. The number of nitrogens with one attached hydrogen (secondary N) is 1. The lowest BCUT2D eigenvalue weighted by Gasteiger charge is -2.01. The summed E-state index contributed by atoms with van der Waals surface area (Å²) in [6.07, 6.45) is 3.89. The highest BCUT2D eigenvalue weighted by atomic mass is 15.0. The average molecular weight is 201 g/mol. The van der Waals surface area contributed by atoms with Crippen LogP contribution in [0.5, 0.6) is 0 Å². The molecule has 2 rings (SSSR count). The highest BCUT2D eigenvalue weighted by Crippen LogP contribution is 2.09. The summed E-state index contributed by atoms with van der Waals surface area (Å²) < 4.78 is 2.03. The van der Waals surface area contributed by atoms with Crippen molar-refractivity contribution in [2.45, 2.75) is 13.5 Å². The van der Waals surface area contributed by atoms with Crippen LogP contribution in [-0.2, 0) is 6.54 Å². The summed E-state index contributed by atoms with van der Waals surface area (Å²) >= 11 is 0. The van der Waals surface area contributed by atoms with Crippen molar-refractivity contribution in [3.8, 4) is 5.69 Å². The minimum atomic E-state index is 0.804. The van der Waals surface area contributed by atoms with Crippen LogP contribution in [0.2, 0.25) is 0 Å². The summed E-state index contributed by atoms with van der Waals surface area (Å²) in [5, 5.41) is 3.08. The Morgan fingerprint density at radius 1 is 1.27 bits per heavy atom. The Kier molecular flexibility index (Phi) is 2.83. The maximum absolute atomic E-state index is 4.31. The van der Waals surface area contributed by atoms with E-state index in [1.807, 2.05) is 24.1 Å². The first-order valence-corrected chi connectivity index (χ1v) is 5.04. The van der Waals surface area contributed by atoms with Gasteiger partial charge in [0, 0.05) is 18.4 Å². The molecule has 1 heterocycles. The standard InChI is InChI=1S/C12H15N3/c1-10-3-5-12(6-4-10)15-8-11(7-13-2)14-9-15/h3-6,8-9,13H,7H2,1-2H3. The molecule has 0 bridgehead atoms. The molecule has 0 saturated carbocycles. The predicted octanol–water partition coefficient (Wildman–Crippen LogP) is 1.90. The average Bonchev–Trinajstić information content (AvgIpc) is 2.68. The van der Waals surface area contributed by atoms with Gasteiger partial charge >= 0.3 is 0 Å². The number of aryl methyl sites for hydroxylation is 1. The fourth-order valence-electron chi connectivity index (χ4n) is 1.49. The summed E-state index contributed by atoms with van der Waals surface area (Å²) in [6.45, 7) is 2.89. The topological polar surface area (TPSA) is 29.9 Å². The van der Waals surface area contributed by atoms with Crippen LogP contribution in [0.4, 0.5) is 0 Å². The monoisotopic (exact) mass is 201 g/mol. The second-order valence-electron chi connectivity index (χ2n) is 3.64. The van der Waals surface area contributed by atoms with E-state index in [1.54, 1.807) is 0 Å². The van der Waals surface area contributed by atoms with Gasteiger partial charge in [0.05, 0.1) is 12.0 Å². The lowest BCUT2D eigenvalue weighted by Crippen LogP contribution is -2.04. The number of nitrogens with zero attached hydrogens (tertiary/aromatic N) is 2. The van der Waals surface area contributed by atoms with Crippen LogP contribution in [0.3, 0.4) is 0 Å². The van der Waals surface area contributed by atoms with Crippen LogP contribution < -0.4 is 5.32 Å². The summed E-state index contributed by atoms with van der Waals surface area (Å²) in [6, 6.07) is 8.40. The summed E-state index contributed by atoms with van der Waals surface area (Å²) in [7, 11) is 1.92. The van der Waals surface area contributed by atoms with E-state index in [1.165, 1.54) is 5.56 Å². The number of aromatic nitrogens is 2. The second kappa shape index (κ2) is 4.28. The van der Waals surface area contributed by atoms with Crippen LogP contribution >= 0.6 is 0 Å². The Balaban J connectivity index is 2.25. The summed E-state index contributed by atoms with van der Waals surface area (Å²) in [5.41, 5.74) is 3.47. The molecule has 0 fully saturated rings. The van der Waals surface area contributed by atoms with Crippen molar-refractivity contribution in [3.63, 3.8) is 0 Å². The third-order valence-electron chi connectivity index (χ3n) is 2.33. The van der Waals surface area contributed by atoms with E-state index in [0.717, 1.165) is 17.9 Å². The number of imidazole rings is 1. The van der Waals surface area contributed by atoms with E-state index in [9.17, 15) is 0 Å². The molecule has 3 heteroatoms. The van der Waals surface area contributed by atoms with E-state index in [2.05, 4.69) is 41.5 Å². The predicted molar refractivity (Wildman–Crippen MR) is 61.1 cm³/mol. The highest BCUT2D eigenvalue weighted by Gasteiger charge is 1.99. The molecule has 1 N–H and O–H groups in total. The quantitative estimate of drug-likeness (QED) is 0.822. The van der Waals surface area contributed by atoms with E-state index >= 15 is 0 Å². The molecule has 0 aliphatic carbocycles. The van der Waals surface area contributed by atoms with Crippen molar-refractivity contribution in [2.24, 2.45) is 0 Å². The van der Waals surface area contributed by atoms with Crippen molar-refractivity contribution < 1.29 is 0 Å². The molecule has 0 aliphatic heterocycles. The van der Waals surface area contributed by atoms with Gasteiger partial charge in [-0.25, -0.2) is 4.98 Å². The van der Waals surface area contributed by atoms with Gasteiger partial charge in [0.25, 0.3) is 0 Å². The molecule has 78 valence electrons. The SMILES string of the molecule is CNCc1cn(-c2ccc(C)cc2)cn1. The fourth-order valence-corrected chi connectivity index (χ4v) is 1.49. The van der Waals surface area contributed by atoms with Crippen LogP contribution in [0.1, 0.15) is 11.3 Å². The number of hydrogen-bond acceptors (Lipinski definition) is 2. The van der Waals surface area contributed by atoms with Gasteiger partial charge in [0.2, 0.25) is 0 Å². The zero-order chi connectivity index (χ0) is 10.7. The lowest BCUT2D eigenvalue weighted by molar-refractivity contribution is 0.796. The van der Waals surface area contributed by atoms with Crippen LogP contribution in [0.25, 0.3) is 5.69 Å². The number of rotatable bonds is 3. The fraction of sp³-hybridized carbons (Fsp3) is 0.250. The largest absolute Gasteiger partial charge is 0.314 e. The summed E-state index contributed by atoms with van der Waals surface area (Å²) in [5.74, 6) is 0. The van der Waals surface area contributed by atoms with Crippen LogP contribution in [0.15, 0.2) is 36.8 Å². The van der Waals surface area contributed by atoms with Gasteiger partial charge in [-0.1, -0.05) is 17.7 Å². The van der Waals surface area contributed by atoms with Gasteiger partial charge in [-0.15, -0.1) is 0 Å². The molecule has 0 saturated heterocycles. The van der Waals surface area contributed by atoms with Crippen molar-refractivity contribution in [1.82, 2.24) is 14.9 Å². The molecule has 1 aromatic heterocycles. The molecular formula is C12H15N3. The Labute approximate surface area is 89.8 Å². The first-order valence-electron chi connectivity index (χ1n) is 5.04. The normalized spacial score (nSPS) is 10.5. The van der Waals surface area contributed by atoms with Crippen LogP contribution in [-0.4, -0.2) is 16.6 Å². The number of benzene rings is 1. The van der Waals surface area contributed by atoms with Crippen molar-refractivity contribution in [1.29, 1.82) is 0 Å². The molecule has 1 aromatic carbocycles. The third-order valence-corrected chi connectivity index (χ3v) is 2.33. The molecule has 0 unspecified atom stereocenters. The Morgan fingerprint density at radius 3 is 2.67 bits per heavy atom. The van der Waals surface area contributed by atoms with E-state index in [4.69, 9.17) is 0 Å². The zero-order valence-corrected chi connectivity index (χ0v) is 9.07. The molecule has 0 aliphatic rings. The minimum absolute atomic E-state index is 0.804. The molecule has 0 spiro atoms. The first-order chi connectivity index (χ1) is 7.29. The molecule has 15 heavy (non-hydrogen) atoms. The molecular weight excluding hydrogens is 186 g/mol. The minimum Gasteiger partial charge on any atom is -0.314 e. The molecule has 0 amide bonds. The van der Waals surface area contributed by atoms with Gasteiger partial charge in [0.15, 0.2) is 0 Å². The summed E-state index contributed by atoms with van der Waals surface area (Å²) in [4.78, 5) is 4.31. The first kappa shape index (κ1) is 9.93. The van der Waals surface area contributed by atoms with Gasteiger partial charge in [-0.3, -0.25) is 0 Å². The van der Waals surface area contributed by atoms with Gasteiger partial charge in [-0.05, 0) is 26.1 Å². The van der Waals surface area contributed by atoms with E-state index in [0.29, 0.717) is 0 Å². The van der Waals surface area contributed by atoms with Crippen molar-refractivity contribution in [2.75, 3.05) is 7.05 Å². The van der Waals surface area contributed by atoms with Crippen LogP contribution in [0, 0.1) is 6.92 Å². The van der Waals surface area contributed by atoms with Gasteiger partial charge in [0.1, 0.15) is 0 Å². The smallest absolute Gasteiger partial charge is 0.0995 e. The lowest BCUT2D eigenvalue weighted by atomic mass is 10.2. The van der Waals surface area contributed by atoms with E-state index < -0.39 is 0 Å². The van der Waals surface area contributed by atoms with Crippen molar-refractivity contribution in [3.05, 3.63) is 48.0 Å². The molecule has 0 atom stereocenters. The third kappa shape index (κ3) is 2.25. The second-order valence-corrected chi connectivity index (χ2v) is 3.64.